The molecule has 0 aromatic heterocycles. The maximum atomic E-state index is 13.1. The molecule has 1 N–H and O–H groups in total. The SMILES string of the molecule is CC(C)OP(=O)(OC(C)C)N1C[C@H](OS(C)(=O)=O)C[C@H]1C(=O)O. The van der Waals surface area contributed by atoms with Crippen LogP contribution in [0.2, 0.25) is 0 Å². The summed E-state index contributed by atoms with van der Waals surface area (Å²) in [4.78, 5) is 11.5. The largest absolute Gasteiger partial charge is 0.480 e. The third kappa shape index (κ3) is 6.13. The number of carbonyl (C=O) groups is 1. The lowest BCUT2D eigenvalue weighted by molar-refractivity contribution is -0.141. The van der Waals surface area contributed by atoms with Crippen LogP contribution in [0.25, 0.3) is 0 Å². The molecule has 0 aliphatic carbocycles. The number of hydrogen-bond acceptors (Lipinski definition) is 7. The van der Waals surface area contributed by atoms with Gasteiger partial charge in [-0.15, -0.1) is 0 Å². The van der Waals surface area contributed by atoms with Gasteiger partial charge in [0.25, 0.3) is 10.1 Å². The van der Waals surface area contributed by atoms with Gasteiger partial charge in [0.05, 0.1) is 24.6 Å². The zero-order valence-corrected chi connectivity index (χ0v) is 15.5. The first-order valence-electron chi connectivity index (χ1n) is 7.19. The Bertz CT molecular complexity index is 562. The van der Waals surface area contributed by atoms with Crippen LogP contribution in [0.1, 0.15) is 34.1 Å². The second-order valence-electron chi connectivity index (χ2n) is 5.91. The molecule has 9 nitrogen and oxygen atoms in total. The fraction of sp³-hybridized carbons (Fsp3) is 0.917. The molecule has 0 spiro atoms. The molecule has 0 aromatic carbocycles. The quantitative estimate of drug-likeness (QED) is 0.498. The highest BCUT2D eigenvalue weighted by molar-refractivity contribution is 7.86. The number of hydrogen-bond donors (Lipinski definition) is 1. The lowest BCUT2D eigenvalue weighted by atomic mass is 10.2. The van der Waals surface area contributed by atoms with Gasteiger partial charge in [-0.25, -0.2) is 4.57 Å². The van der Waals surface area contributed by atoms with Gasteiger partial charge in [-0.05, 0) is 27.7 Å². The Labute approximate surface area is 136 Å². The van der Waals surface area contributed by atoms with Crippen molar-refractivity contribution in [2.24, 2.45) is 0 Å². The number of rotatable bonds is 8. The number of carboxylic acid groups (broad SMARTS) is 1. The van der Waals surface area contributed by atoms with Gasteiger partial charge in [0, 0.05) is 13.0 Å². The van der Waals surface area contributed by atoms with Crippen LogP contribution in [0.15, 0.2) is 0 Å². The molecule has 0 unspecified atom stereocenters. The minimum absolute atomic E-state index is 0.130. The van der Waals surface area contributed by atoms with Crippen molar-refractivity contribution in [3.8, 4) is 0 Å². The van der Waals surface area contributed by atoms with Gasteiger partial charge >= 0.3 is 13.7 Å². The summed E-state index contributed by atoms with van der Waals surface area (Å²) in [6.07, 6.45) is -1.12. The van der Waals surface area contributed by atoms with Crippen LogP contribution in [0.5, 0.6) is 0 Å². The molecule has 1 heterocycles. The van der Waals surface area contributed by atoms with E-state index in [-0.39, 0.29) is 13.0 Å². The maximum absolute atomic E-state index is 13.1. The molecule has 1 aliphatic heterocycles. The molecule has 0 bridgehead atoms. The minimum Gasteiger partial charge on any atom is -0.480 e. The van der Waals surface area contributed by atoms with E-state index in [1.165, 1.54) is 0 Å². The molecular weight excluding hydrogens is 349 g/mol. The molecule has 1 fully saturated rings. The second kappa shape index (κ2) is 7.58. The molecule has 0 radical (unpaired) electrons. The highest BCUT2D eigenvalue weighted by Gasteiger charge is 2.50. The van der Waals surface area contributed by atoms with Gasteiger partial charge in [0.1, 0.15) is 6.04 Å². The van der Waals surface area contributed by atoms with Crippen LogP contribution < -0.4 is 0 Å². The lowest BCUT2D eigenvalue weighted by Crippen LogP contribution is -2.36. The molecule has 0 amide bonds. The van der Waals surface area contributed by atoms with Crippen molar-refractivity contribution >= 4 is 23.8 Å². The second-order valence-corrected chi connectivity index (χ2v) is 9.38. The molecule has 1 saturated heterocycles. The van der Waals surface area contributed by atoms with Crippen LogP contribution in [0, 0.1) is 0 Å². The van der Waals surface area contributed by atoms with Crippen molar-refractivity contribution in [3.05, 3.63) is 0 Å². The molecule has 136 valence electrons. The van der Waals surface area contributed by atoms with Gasteiger partial charge in [0.15, 0.2) is 0 Å². The first-order chi connectivity index (χ1) is 10.3. The van der Waals surface area contributed by atoms with E-state index in [0.717, 1.165) is 10.9 Å². The van der Waals surface area contributed by atoms with Gasteiger partial charge in [-0.1, -0.05) is 0 Å². The van der Waals surface area contributed by atoms with Crippen molar-refractivity contribution in [2.45, 2.75) is 58.5 Å². The summed E-state index contributed by atoms with van der Waals surface area (Å²) in [5, 5.41) is 9.35. The third-order valence-electron chi connectivity index (χ3n) is 2.84. The number of carboxylic acids is 1. The topological polar surface area (TPSA) is 119 Å². The first kappa shape index (κ1) is 20.5. The molecule has 11 heteroatoms. The summed E-state index contributed by atoms with van der Waals surface area (Å²) < 4.78 is 52.3. The van der Waals surface area contributed by atoms with Crippen molar-refractivity contribution in [1.82, 2.24) is 4.67 Å². The predicted octanol–water partition coefficient (Wildman–Crippen LogP) is 1.45. The minimum atomic E-state index is -3.91. The fourth-order valence-electron chi connectivity index (χ4n) is 2.28. The summed E-state index contributed by atoms with van der Waals surface area (Å²) in [6, 6.07) is -1.22. The molecule has 1 rings (SSSR count). The summed E-state index contributed by atoms with van der Waals surface area (Å²) in [6.45, 7) is 6.40. The van der Waals surface area contributed by atoms with Crippen LogP contribution >= 0.6 is 7.75 Å². The smallest absolute Gasteiger partial charge is 0.409 e. The van der Waals surface area contributed by atoms with Crippen LogP contribution in [0.3, 0.4) is 0 Å². The third-order valence-corrected chi connectivity index (χ3v) is 5.90. The summed E-state index contributed by atoms with van der Waals surface area (Å²) >= 11 is 0. The van der Waals surface area contributed by atoms with E-state index >= 15 is 0 Å². The molecule has 2 atom stereocenters. The van der Waals surface area contributed by atoms with Gasteiger partial charge in [0.2, 0.25) is 0 Å². The Hall–Kier alpha value is -0.510. The molecule has 0 aromatic rings. The van der Waals surface area contributed by atoms with E-state index in [1.54, 1.807) is 27.7 Å². The van der Waals surface area contributed by atoms with Crippen molar-refractivity contribution in [1.29, 1.82) is 0 Å². The van der Waals surface area contributed by atoms with Gasteiger partial charge in [-0.2, -0.15) is 13.1 Å². The molecular formula is C12H24NO8PS. The highest BCUT2D eigenvalue weighted by atomic mass is 32.2. The van der Waals surface area contributed by atoms with Gasteiger partial charge in [-0.3, -0.25) is 18.0 Å². The van der Waals surface area contributed by atoms with Crippen molar-refractivity contribution in [3.63, 3.8) is 0 Å². The van der Waals surface area contributed by atoms with Gasteiger partial charge < -0.3 is 5.11 Å². The number of aliphatic carboxylic acids is 1. The average molecular weight is 373 g/mol. The van der Waals surface area contributed by atoms with E-state index in [2.05, 4.69) is 0 Å². The fourth-order valence-corrected chi connectivity index (χ4v) is 5.18. The molecule has 23 heavy (non-hydrogen) atoms. The Morgan fingerprint density at radius 2 is 1.70 bits per heavy atom. The van der Waals surface area contributed by atoms with Crippen LogP contribution in [-0.2, 0) is 32.7 Å². The highest BCUT2D eigenvalue weighted by Crippen LogP contribution is 2.57. The van der Waals surface area contributed by atoms with E-state index in [0.29, 0.717) is 0 Å². The predicted molar refractivity (Wildman–Crippen MR) is 82.5 cm³/mol. The molecule has 1 aliphatic rings. The zero-order valence-electron chi connectivity index (χ0n) is 13.8. The Kier molecular flexibility index (Phi) is 6.77. The summed E-state index contributed by atoms with van der Waals surface area (Å²) in [5.74, 6) is -1.25. The van der Waals surface area contributed by atoms with E-state index in [1.807, 2.05) is 0 Å². The average Bonchev–Trinajstić information content (AvgIpc) is 2.68. The van der Waals surface area contributed by atoms with E-state index in [9.17, 15) is 22.9 Å². The number of nitrogens with zero attached hydrogens (tertiary/aromatic N) is 1. The lowest BCUT2D eigenvalue weighted by Gasteiger charge is -2.31. The Morgan fingerprint density at radius 1 is 1.22 bits per heavy atom. The van der Waals surface area contributed by atoms with Crippen LogP contribution in [0.4, 0.5) is 0 Å². The van der Waals surface area contributed by atoms with E-state index in [4.69, 9.17) is 13.2 Å². The monoisotopic (exact) mass is 373 g/mol. The Balaban J connectivity index is 3.11. The van der Waals surface area contributed by atoms with E-state index < -0.39 is 48.2 Å². The normalized spacial score (nSPS) is 23.8. The zero-order chi connectivity index (χ0) is 18.0. The van der Waals surface area contributed by atoms with Crippen molar-refractivity contribution in [2.75, 3.05) is 12.8 Å². The standard InChI is InChI=1S/C12H24NO8PS/c1-8(2)19-22(16,20-9(3)4)13-7-10(21-23(5,17)18)6-11(13)12(14)15/h8-11H,6-7H2,1-5H3,(H,14,15)/t10-,11+/m1/s1. The maximum Gasteiger partial charge on any atom is 0.409 e. The van der Waals surface area contributed by atoms with Crippen molar-refractivity contribution < 1.29 is 36.1 Å². The summed E-state index contributed by atoms with van der Waals surface area (Å²) in [5.41, 5.74) is 0. The first-order valence-corrected chi connectivity index (χ1v) is 10.5. The summed E-state index contributed by atoms with van der Waals surface area (Å²) in [7, 11) is -7.68. The van der Waals surface area contributed by atoms with Crippen LogP contribution in [-0.4, -0.2) is 61.3 Å². The Morgan fingerprint density at radius 3 is 2.04 bits per heavy atom. The molecule has 0 saturated carbocycles.